The summed E-state index contributed by atoms with van der Waals surface area (Å²) in [5.41, 5.74) is 3.76. The zero-order valence-corrected chi connectivity index (χ0v) is 19.0. The molecule has 0 aliphatic carbocycles. The monoisotopic (exact) mass is 476 g/mol. The van der Waals surface area contributed by atoms with Gasteiger partial charge in [0.05, 0.1) is 0 Å². The third kappa shape index (κ3) is 5.32. The van der Waals surface area contributed by atoms with Crippen LogP contribution in [-0.4, -0.2) is 25.6 Å². The van der Waals surface area contributed by atoms with Gasteiger partial charge in [-0.15, -0.1) is 0 Å². The molecule has 2 heterocycles. The lowest BCUT2D eigenvalue weighted by Gasteiger charge is -2.13. The Labute approximate surface area is 201 Å². The van der Waals surface area contributed by atoms with Crippen molar-refractivity contribution in [3.63, 3.8) is 0 Å². The SMILES string of the molecule is Cc1ccc(NC(=O)NCc2ccc3c(c2)OCO3)cc1NC(=O)NCc1ccc2c(c1)OCO2. The van der Waals surface area contributed by atoms with E-state index in [0.29, 0.717) is 47.5 Å². The van der Waals surface area contributed by atoms with Crippen molar-refractivity contribution < 1.29 is 28.5 Å². The van der Waals surface area contributed by atoms with Crippen molar-refractivity contribution >= 4 is 23.4 Å². The average molecular weight is 476 g/mol. The maximum Gasteiger partial charge on any atom is 0.319 e. The highest BCUT2D eigenvalue weighted by Crippen LogP contribution is 2.33. The Morgan fingerprint density at radius 1 is 0.686 bits per heavy atom. The number of hydrogen-bond acceptors (Lipinski definition) is 6. The molecule has 10 nitrogen and oxygen atoms in total. The molecule has 10 heteroatoms. The van der Waals surface area contributed by atoms with E-state index in [2.05, 4.69) is 21.3 Å². The largest absolute Gasteiger partial charge is 0.454 e. The number of aryl methyl sites for hydroxylation is 1. The van der Waals surface area contributed by atoms with Crippen LogP contribution in [0.4, 0.5) is 21.0 Å². The van der Waals surface area contributed by atoms with E-state index in [1.165, 1.54) is 0 Å². The summed E-state index contributed by atoms with van der Waals surface area (Å²) in [5.74, 6) is 2.71. The maximum atomic E-state index is 12.4. The summed E-state index contributed by atoms with van der Waals surface area (Å²) in [6.45, 7) is 2.92. The Morgan fingerprint density at radius 2 is 1.23 bits per heavy atom. The third-order valence-electron chi connectivity index (χ3n) is 5.52. The Balaban J connectivity index is 1.13. The third-order valence-corrected chi connectivity index (χ3v) is 5.52. The van der Waals surface area contributed by atoms with Gasteiger partial charge in [-0.2, -0.15) is 0 Å². The number of amides is 4. The number of anilines is 2. The Morgan fingerprint density at radius 3 is 1.83 bits per heavy atom. The maximum absolute atomic E-state index is 12.4. The smallest absolute Gasteiger partial charge is 0.319 e. The zero-order chi connectivity index (χ0) is 24.2. The van der Waals surface area contributed by atoms with Crippen molar-refractivity contribution in [2.24, 2.45) is 0 Å². The fraction of sp³-hybridized carbons (Fsp3) is 0.200. The van der Waals surface area contributed by atoms with Crippen molar-refractivity contribution in [1.82, 2.24) is 10.6 Å². The van der Waals surface area contributed by atoms with Gasteiger partial charge in [0.2, 0.25) is 13.6 Å². The molecule has 2 aliphatic heterocycles. The van der Waals surface area contributed by atoms with Crippen LogP contribution in [0, 0.1) is 6.92 Å². The summed E-state index contributed by atoms with van der Waals surface area (Å²) in [6, 6.07) is 15.6. The molecule has 5 rings (SSSR count). The van der Waals surface area contributed by atoms with Gasteiger partial charge in [-0.25, -0.2) is 9.59 Å². The van der Waals surface area contributed by atoms with Crippen LogP contribution in [0.15, 0.2) is 54.6 Å². The quantitative estimate of drug-likeness (QED) is 0.425. The van der Waals surface area contributed by atoms with Gasteiger partial charge in [-0.05, 0) is 60.0 Å². The number of carbonyl (C=O) groups excluding carboxylic acids is 2. The molecule has 4 amide bonds. The molecule has 0 unspecified atom stereocenters. The van der Waals surface area contributed by atoms with E-state index in [1.807, 2.05) is 49.4 Å². The highest BCUT2D eigenvalue weighted by molar-refractivity contribution is 5.93. The Bertz CT molecular complexity index is 1280. The normalized spacial score (nSPS) is 12.7. The Kier molecular flexibility index (Phi) is 6.16. The number of benzene rings is 3. The predicted molar refractivity (Wildman–Crippen MR) is 128 cm³/mol. The molecular weight excluding hydrogens is 452 g/mol. The van der Waals surface area contributed by atoms with Gasteiger partial charge >= 0.3 is 12.1 Å². The molecular formula is C25H24N4O6. The lowest BCUT2D eigenvalue weighted by molar-refractivity contribution is 0.173. The topological polar surface area (TPSA) is 119 Å². The van der Waals surface area contributed by atoms with Crippen LogP contribution in [-0.2, 0) is 13.1 Å². The molecule has 3 aromatic rings. The summed E-state index contributed by atoms with van der Waals surface area (Å²) >= 11 is 0. The number of hydrogen-bond donors (Lipinski definition) is 4. The summed E-state index contributed by atoms with van der Waals surface area (Å²) < 4.78 is 21.3. The van der Waals surface area contributed by atoms with Gasteiger partial charge in [0, 0.05) is 24.5 Å². The Hall–Kier alpha value is -4.60. The van der Waals surface area contributed by atoms with Crippen molar-refractivity contribution in [2.75, 3.05) is 24.2 Å². The minimum absolute atomic E-state index is 0.201. The molecule has 0 saturated heterocycles. The number of carbonyl (C=O) groups is 2. The standard InChI is InChI=1S/C25H24N4O6/c1-15-2-5-18(28-24(30)26-11-16-3-6-20-22(8-16)34-13-32-20)10-19(15)29-25(31)27-12-17-4-7-21-23(9-17)35-14-33-21/h2-10H,11-14H2,1H3,(H2,26,28,30)(H2,27,29,31). The number of rotatable bonds is 6. The molecule has 0 fully saturated rings. The van der Waals surface area contributed by atoms with E-state index in [9.17, 15) is 9.59 Å². The first-order chi connectivity index (χ1) is 17.0. The van der Waals surface area contributed by atoms with Gasteiger partial charge < -0.3 is 40.2 Å². The van der Waals surface area contributed by atoms with E-state index < -0.39 is 0 Å². The van der Waals surface area contributed by atoms with Crippen LogP contribution in [0.2, 0.25) is 0 Å². The summed E-state index contributed by atoms with van der Waals surface area (Å²) in [5, 5.41) is 11.2. The van der Waals surface area contributed by atoms with E-state index in [-0.39, 0.29) is 25.6 Å². The molecule has 0 bridgehead atoms. The van der Waals surface area contributed by atoms with Gasteiger partial charge in [0.25, 0.3) is 0 Å². The number of fused-ring (bicyclic) bond motifs is 2. The van der Waals surface area contributed by atoms with Gasteiger partial charge in [0.15, 0.2) is 23.0 Å². The summed E-state index contributed by atoms with van der Waals surface area (Å²) in [4.78, 5) is 24.8. The molecule has 0 spiro atoms. The molecule has 3 aromatic carbocycles. The minimum atomic E-state index is -0.371. The molecule has 0 atom stereocenters. The minimum Gasteiger partial charge on any atom is -0.454 e. The highest BCUT2D eigenvalue weighted by atomic mass is 16.7. The summed E-state index contributed by atoms with van der Waals surface area (Å²) in [6.07, 6.45) is 0. The van der Waals surface area contributed by atoms with Crippen LogP contribution >= 0.6 is 0 Å². The lowest BCUT2D eigenvalue weighted by atomic mass is 10.2. The fourth-order valence-electron chi connectivity index (χ4n) is 3.64. The first-order valence-corrected chi connectivity index (χ1v) is 11.0. The van der Waals surface area contributed by atoms with Crippen LogP contribution in [0.5, 0.6) is 23.0 Å². The van der Waals surface area contributed by atoms with Gasteiger partial charge in [-0.1, -0.05) is 18.2 Å². The van der Waals surface area contributed by atoms with Crippen LogP contribution in [0.3, 0.4) is 0 Å². The second-order valence-electron chi connectivity index (χ2n) is 8.02. The first-order valence-electron chi connectivity index (χ1n) is 11.0. The molecule has 2 aliphatic rings. The summed E-state index contributed by atoms with van der Waals surface area (Å²) in [7, 11) is 0. The second kappa shape index (κ2) is 9.72. The van der Waals surface area contributed by atoms with E-state index >= 15 is 0 Å². The van der Waals surface area contributed by atoms with Crippen LogP contribution < -0.4 is 40.2 Å². The van der Waals surface area contributed by atoms with Crippen LogP contribution in [0.1, 0.15) is 16.7 Å². The van der Waals surface area contributed by atoms with E-state index in [1.54, 1.807) is 12.1 Å². The van der Waals surface area contributed by atoms with Crippen molar-refractivity contribution in [3.8, 4) is 23.0 Å². The molecule has 0 radical (unpaired) electrons. The molecule has 4 N–H and O–H groups in total. The predicted octanol–water partition coefficient (Wildman–Crippen LogP) is 4.10. The number of ether oxygens (including phenoxy) is 4. The van der Waals surface area contributed by atoms with E-state index in [0.717, 1.165) is 16.7 Å². The van der Waals surface area contributed by atoms with Crippen molar-refractivity contribution in [1.29, 1.82) is 0 Å². The van der Waals surface area contributed by atoms with Crippen molar-refractivity contribution in [3.05, 3.63) is 71.3 Å². The van der Waals surface area contributed by atoms with Crippen LogP contribution in [0.25, 0.3) is 0 Å². The van der Waals surface area contributed by atoms with Gasteiger partial charge in [-0.3, -0.25) is 0 Å². The molecule has 0 saturated carbocycles. The van der Waals surface area contributed by atoms with Gasteiger partial charge in [0.1, 0.15) is 0 Å². The molecule has 180 valence electrons. The number of nitrogens with one attached hydrogen (secondary N) is 4. The fourth-order valence-corrected chi connectivity index (χ4v) is 3.64. The molecule has 0 aromatic heterocycles. The molecule has 35 heavy (non-hydrogen) atoms. The number of urea groups is 2. The zero-order valence-electron chi connectivity index (χ0n) is 19.0. The first kappa shape index (κ1) is 22.2. The van der Waals surface area contributed by atoms with E-state index in [4.69, 9.17) is 18.9 Å². The second-order valence-corrected chi connectivity index (χ2v) is 8.02. The van der Waals surface area contributed by atoms with Crippen molar-refractivity contribution in [2.45, 2.75) is 20.0 Å². The highest BCUT2D eigenvalue weighted by Gasteiger charge is 2.15. The average Bonchev–Trinajstić information content (AvgIpc) is 3.52. The lowest BCUT2D eigenvalue weighted by Crippen LogP contribution is -2.29.